The molecule has 1 aromatic heterocycles. The number of hydrogen-bond acceptors (Lipinski definition) is 1. The van der Waals surface area contributed by atoms with E-state index in [0.717, 1.165) is 5.76 Å². The van der Waals surface area contributed by atoms with Crippen molar-refractivity contribution in [2.75, 3.05) is 0 Å². The zero-order valence-corrected chi connectivity index (χ0v) is 8.29. The van der Waals surface area contributed by atoms with Crippen molar-refractivity contribution < 1.29 is 4.42 Å². The first-order valence-corrected chi connectivity index (χ1v) is 7.38. The van der Waals surface area contributed by atoms with E-state index < -0.39 is 8.07 Å². The lowest BCUT2D eigenvalue weighted by molar-refractivity contribution is 0.557. The van der Waals surface area contributed by atoms with Gasteiger partial charge in [0.15, 0.2) is 0 Å². The fourth-order valence-corrected chi connectivity index (χ4v) is 1.38. The van der Waals surface area contributed by atoms with Crippen molar-refractivity contribution in [3.8, 4) is 0 Å². The molecule has 11 heavy (non-hydrogen) atoms. The predicted octanol–water partition coefficient (Wildman–Crippen LogP) is 3.17. The molecule has 1 rings (SSSR count). The van der Waals surface area contributed by atoms with E-state index in [9.17, 15) is 0 Å². The van der Waals surface area contributed by atoms with Crippen molar-refractivity contribution in [1.29, 1.82) is 0 Å². The third kappa shape index (κ3) is 3.23. The van der Waals surface area contributed by atoms with E-state index in [2.05, 4.69) is 31.4 Å². The molecule has 0 saturated carbocycles. The van der Waals surface area contributed by atoms with E-state index in [1.165, 1.54) is 0 Å². The van der Waals surface area contributed by atoms with E-state index in [0.29, 0.717) is 0 Å². The third-order valence-electron chi connectivity index (χ3n) is 1.29. The highest BCUT2D eigenvalue weighted by molar-refractivity contribution is 6.81. The fraction of sp³-hybridized carbons (Fsp3) is 0.333. The van der Waals surface area contributed by atoms with E-state index in [1.54, 1.807) is 6.26 Å². The standard InChI is InChI=1S/C9H14OSi/c1-11(2,3)8-6-9-5-4-7-10-9/h4-8H,1-3H3/b8-6-. The number of hydrogen-bond donors (Lipinski definition) is 0. The summed E-state index contributed by atoms with van der Waals surface area (Å²) in [5.74, 6) is 0.951. The second-order valence-corrected chi connectivity index (χ2v) is 8.78. The summed E-state index contributed by atoms with van der Waals surface area (Å²) in [4.78, 5) is 0. The molecule has 60 valence electrons. The second-order valence-electron chi connectivity index (χ2n) is 3.71. The van der Waals surface area contributed by atoms with Crippen molar-refractivity contribution in [2.45, 2.75) is 19.6 Å². The van der Waals surface area contributed by atoms with Gasteiger partial charge in [0.2, 0.25) is 0 Å². The van der Waals surface area contributed by atoms with Gasteiger partial charge in [-0.05, 0) is 18.2 Å². The first-order chi connectivity index (χ1) is 5.08. The Kier molecular flexibility index (Phi) is 2.34. The van der Waals surface area contributed by atoms with Gasteiger partial charge in [0, 0.05) is 0 Å². The molecule has 0 aromatic carbocycles. The Labute approximate surface area is 68.7 Å². The van der Waals surface area contributed by atoms with Crippen LogP contribution in [0.1, 0.15) is 5.76 Å². The van der Waals surface area contributed by atoms with Gasteiger partial charge in [0.05, 0.1) is 14.3 Å². The molecule has 0 unspecified atom stereocenters. The quantitative estimate of drug-likeness (QED) is 0.615. The highest BCUT2D eigenvalue weighted by Crippen LogP contribution is 2.08. The maximum absolute atomic E-state index is 5.16. The molecular weight excluding hydrogens is 152 g/mol. The molecule has 0 saturated heterocycles. The topological polar surface area (TPSA) is 13.1 Å². The Morgan fingerprint density at radius 3 is 2.55 bits per heavy atom. The van der Waals surface area contributed by atoms with Gasteiger partial charge < -0.3 is 4.42 Å². The van der Waals surface area contributed by atoms with E-state index in [4.69, 9.17) is 4.42 Å². The van der Waals surface area contributed by atoms with Crippen molar-refractivity contribution in [2.24, 2.45) is 0 Å². The SMILES string of the molecule is C[Si](C)(C)/C=C\c1ccco1. The summed E-state index contributed by atoms with van der Waals surface area (Å²) >= 11 is 0. The van der Waals surface area contributed by atoms with Crippen LogP contribution >= 0.6 is 0 Å². The molecule has 0 amide bonds. The lowest BCUT2D eigenvalue weighted by Gasteiger charge is -2.06. The van der Waals surface area contributed by atoms with Crippen LogP contribution in [0.25, 0.3) is 6.08 Å². The lowest BCUT2D eigenvalue weighted by Crippen LogP contribution is -2.14. The molecule has 1 heterocycles. The summed E-state index contributed by atoms with van der Waals surface area (Å²) in [6, 6.07) is 3.88. The van der Waals surface area contributed by atoms with Gasteiger partial charge in [0.1, 0.15) is 5.76 Å². The lowest BCUT2D eigenvalue weighted by atomic mass is 10.4. The molecule has 0 radical (unpaired) electrons. The maximum atomic E-state index is 5.16. The first kappa shape index (κ1) is 8.33. The van der Waals surface area contributed by atoms with Gasteiger partial charge in [-0.25, -0.2) is 0 Å². The summed E-state index contributed by atoms with van der Waals surface area (Å²) in [6.45, 7) is 6.89. The van der Waals surface area contributed by atoms with Gasteiger partial charge in [-0.3, -0.25) is 0 Å². The molecule has 0 spiro atoms. The van der Waals surface area contributed by atoms with Crippen LogP contribution in [0, 0.1) is 0 Å². The van der Waals surface area contributed by atoms with Crippen LogP contribution < -0.4 is 0 Å². The molecule has 0 aliphatic rings. The molecule has 0 fully saturated rings. The molecule has 0 aliphatic heterocycles. The van der Waals surface area contributed by atoms with E-state index >= 15 is 0 Å². The molecular formula is C9H14OSi. The van der Waals surface area contributed by atoms with Crippen molar-refractivity contribution >= 4 is 14.1 Å². The maximum Gasteiger partial charge on any atom is 0.125 e. The fourth-order valence-electron chi connectivity index (χ4n) is 0.718. The monoisotopic (exact) mass is 166 g/mol. The molecule has 0 bridgehead atoms. The van der Waals surface area contributed by atoms with Gasteiger partial charge >= 0.3 is 0 Å². The van der Waals surface area contributed by atoms with Crippen molar-refractivity contribution in [3.05, 3.63) is 29.9 Å². The minimum atomic E-state index is -1.05. The van der Waals surface area contributed by atoms with Crippen LogP contribution in [-0.4, -0.2) is 8.07 Å². The smallest absolute Gasteiger partial charge is 0.125 e. The number of furan rings is 1. The predicted molar refractivity (Wildman–Crippen MR) is 51.1 cm³/mol. The Morgan fingerprint density at radius 2 is 2.09 bits per heavy atom. The van der Waals surface area contributed by atoms with Crippen LogP contribution in [0.15, 0.2) is 28.5 Å². The van der Waals surface area contributed by atoms with Crippen molar-refractivity contribution in [1.82, 2.24) is 0 Å². The van der Waals surface area contributed by atoms with Crippen LogP contribution in [0.3, 0.4) is 0 Å². The van der Waals surface area contributed by atoms with Gasteiger partial charge in [-0.1, -0.05) is 25.3 Å². The summed E-state index contributed by atoms with van der Waals surface area (Å²) in [5, 5.41) is 0. The van der Waals surface area contributed by atoms with Gasteiger partial charge in [-0.15, -0.1) is 0 Å². The van der Waals surface area contributed by atoms with Crippen molar-refractivity contribution in [3.63, 3.8) is 0 Å². The molecule has 1 aromatic rings. The molecule has 0 atom stereocenters. The Bertz CT molecular complexity index is 229. The summed E-state index contributed by atoms with van der Waals surface area (Å²) in [7, 11) is -1.05. The normalized spacial score (nSPS) is 12.6. The van der Waals surface area contributed by atoms with Crippen LogP contribution in [0.4, 0.5) is 0 Å². The first-order valence-electron chi connectivity index (χ1n) is 3.81. The molecule has 2 heteroatoms. The molecule has 0 N–H and O–H groups in total. The highest BCUT2D eigenvalue weighted by Gasteiger charge is 2.06. The highest BCUT2D eigenvalue weighted by atomic mass is 28.3. The summed E-state index contributed by atoms with van der Waals surface area (Å²) in [5.41, 5.74) is 2.27. The largest absolute Gasteiger partial charge is 0.465 e. The average molecular weight is 166 g/mol. The molecule has 1 nitrogen and oxygen atoms in total. The minimum absolute atomic E-state index is 0.951. The number of rotatable bonds is 2. The summed E-state index contributed by atoms with van der Waals surface area (Å²) in [6.07, 6.45) is 3.76. The van der Waals surface area contributed by atoms with Crippen LogP contribution in [0.5, 0.6) is 0 Å². The van der Waals surface area contributed by atoms with Crippen LogP contribution in [-0.2, 0) is 0 Å². The van der Waals surface area contributed by atoms with E-state index in [-0.39, 0.29) is 0 Å². The Balaban J connectivity index is 2.63. The summed E-state index contributed by atoms with van der Waals surface area (Å²) < 4.78 is 5.16. The average Bonchev–Trinajstić information content (AvgIpc) is 2.32. The Hall–Kier alpha value is -0.763. The van der Waals surface area contributed by atoms with Crippen LogP contribution in [0.2, 0.25) is 19.6 Å². The van der Waals surface area contributed by atoms with E-state index in [1.807, 2.05) is 12.1 Å². The van der Waals surface area contributed by atoms with Gasteiger partial charge in [0.25, 0.3) is 0 Å². The Morgan fingerprint density at radius 1 is 1.36 bits per heavy atom. The zero-order chi connectivity index (χ0) is 8.32. The zero-order valence-electron chi connectivity index (χ0n) is 7.29. The second kappa shape index (κ2) is 3.09. The molecule has 0 aliphatic carbocycles. The van der Waals surface area contributed by atoms with Gasteiger partial charge in [-0.2, -0.15) is 0 Å². The minimum Gasteiger partial charge on any atom is -0.465 e. The third-order valence-corrected chi connectivity index (χ3v) is 2.46.